The van der Waals surface area contributed by atoms with Crippen molar-refractivity contribution in [2.45, 2.75) is 0 Å². The van der Waals surface area contributed by atoms with Crippen molar-refractivity contribution in [1.29, 1.82) is 0 Å². The summed E-state index contributed by atoms with van der Waals surface area (Å²) in [6, 6.07) is 1.74. The summed E-state index contributed by atoms with van der Waals surface area (Å²) >= 11 is 1.65. The molecule has 0 heterocycles. The Morgan fingerprint density at radius 2 is 2.00 bits per heavy atom. The predicted molar refractivity (Wildman–Crippen MR) is 50.7 cm³/mol. The van der Waals surface area contributed by atoms with Crippen molar-refractivity contribution < 1.29 is 13.6 Å². The molecule has 1 aromatic rings. The first-order valence-electron chi connectivity index (χ1n) is 3.21. The van der Waals surface area contributed by atoms with Crippen LogP contribution in [0.2, 0.25) is 0 Å². The van der Waals surface area contributed by atoms with Crippen LogP contribution in [-0.4, -0.2) is 5.91 Å². The Morgan fingerprint density at radius 1 is 1.38 bits per heavy atom. The Hall–Kier alpha value is -0.760. The molecule has 0 aromatic heterocycles. The molecule has 0 unspecified atom stereocenters. The molecule has 0 aliphatic carbocycles. The van der Waals surface area contributed by atoms with Crippen LogP contribution in [-0.2, 0) is 0 Å². The molecule has 0 aliphatic heterocycles. The van der Waals surface area contributed by atoms with Gasteiger partial charge in [0.15, 0.2) is 0 Å². The molecule has 70 valence electrons. The lowest BCUT2D eigenvalue weighted by Gasteiger charge is -2.02. The first-order valence-corrected chi connectivity index (χ1v) is 4.29. The third kappa shape index (κ3) is 2.13. The van der Waals surface area contributed by atoms with Crippen molar-refractivity contribution in [1.82, 2.24) is 5.43 Å². The van der Waals surface area contributed by atoms with E-state index in [1.165, 1.54) is 0 Å². The number of hydrogen-bond acceptors (Lipinski definition) is 2. The molecule has 0 radical (unpaired) electrons. The molecule has 13 heavy (non-hydrogen) atoms. The van der Waals surface area contributed by atoms with Crippen LogP contribution in [0.1, 0.15) is 10.4 Å². The summed E-state index contributed by atoms with van der Waals surface area (Å²) in [7, 11) is 0. The number of benzene rings is 1. The fourth-order valence-electron chi connectivity index (χ4n) is 0.774. The van der Waals surface area contributed by atoms with Crippen molar-refractivity contribution >= 4 is 28.5 Å². The highest BCUT2D eigenvalue weighted by atomic mass is 127. The molecule has 0 bridgehead atoms. The zero-order valence-corrected chi connectivity index (χ0v) is 8.43. The minimum Gasteiger partial charge on any atom is -0.290 e. The van der Waals surface area contributed by atoms with E-state index >= 15 is 0 Å². The lowest BCUT2D eigenvalue weighted by Crippen LogP contribution is -2.30. The molecule has 0 saturated carbocycles. The fraction of sp³-hybridized carbons (Fsp3) is 0. The standard InChI is InChI=1S/C7H5F2IN2O/c8-4-2-5(9)6(10)1-3(4)7(13)12-11/h1-2H,11H2,(H,12,13). The topological polar surface area (TPSA) is 55.1 Å². The maximum Gasteiger partial charge on any atom is 0.268 e. The van der Waals surface area contributed by atoms with Crippen molar-refractivity contribution in [2.24, 2.45) is 5.84 Å². The first-order chi connectivity index (χ1) is 6.06. The van der Waals surface area contributed by atoms with Gasteiger partial charge in [0.05, 0.1) is 5.56 Å². The van der Waals surface area contributed by atoms with Crippen LogP contribution < -0.4 is 11.3 Å². The van der Waals surface area contributed by atoms with Gasteiger partial charge in [0, 0.05) is 9.64 Å². The largest absolute Gasteiger partial charge is 0.290 e. The Morgan fingerprint density at radius 3 is 2.54 bits per heavy atom. The Balaban J connectivity index is 3.23. The molecule has 0 aliphatic rings. The summed E-state index contributed by atoms with van der Waals surface area (Å²) in [6.45, 7) is 0. The average molecular weight is 298 g/mol. The Bertz CT molecular complexity index is 357. The summed E-state index contributed by atoms with van der Waals surface area (Å²) in [5.41, 5.74) is 1.49. The van der Waals surface area contributed by atoms with Gasteiger partial charge in [0.2, 0.25) is 0 Å². The fourth-order valence-corrected chi connectivity index (χ4v) is 1.24. The number of halogens is 3. The second-order valence-electron chi connectivity index (χ2n) is 2.22. The molecule has 0 saturated heterocycles. The number of nitrogens with two attached hydrogens (primary N) is 1. The number of hydrogen-bond donors (Lipinski definition) is 2. The van der Waals surface area contributed by atoms with Gasteiger partial charge in [0.25, 0.3) is 5.91 Å². The van der Waals surface area contributed by atoms with Crippen LogP contribution >= 0.6 is 22.6 Å². The van der Waals surface area contributed by atoms with Gasteiger partial charge < -0.3 is 0 Å². The van der Waals surface area contributed by atoms with E-state index in [-0.39, 0.29) is 9.13 Å². The number of nitrogen functional groups attached to an aromatic ring is 1. The van der Waals surface area contributed by atoms with Crippen LogP contribution in [0.5, 0.6) is 0 Å². The highest BCUT2D eigenvalue weighted by Crippen LogP contribution is 2.16. The van der Waals surface area contributed by atoms with Crippen molar-refractivity contribution in [3.63, 3.8) is 0 Å². The summed E-state index contributed by atoms with van der Waals surface area (Å²) in [5.74, 6) is 2.38. The molecular formula is C7H5F2IN2O. The maximum absolute atomic E-state index is 12.9. The summed E-state index contributed by atoms with van der Waals surface area (Å²) in [4.78, 5) is 10.9. The number of hydrazine groups is 1. The maximum atomic E-state index is 12.9. The lowest BCUT2D eigenvalue weighted by molar-refractivity contribution is 0.0949. The van der Waals surface area contributed by atoms with Gasteiger partial charge >= 0.3 is 0 Å². The molecule has 1 amide bonds. The quantitative estimate of drug-likeness (QED) is 0.269. The highest BCUT2D eigenvalue weighted by molar-refractivity contribution is 14.1. The molecule has 3 nitrogen and oxygen atoms in total. The minimum atomic E-state index is -0.930. The zero-order valence-electron chi connectivity index (χ0n) is 6.27. The first kappa shape index (κ1) is 10.3. The van der Waals surface area contributed by atoms with E-state index in [0.29, 0.717) is 6.07 Å². The molecule has 0 atom stereocenters. The third-order valence-corrected chi connectivity index (χ3v) is 2.21. The molecule has 0 fully saturated rings. The van der Waals surface area contributed by atoms with E-state index in [2.05, 4.69) is 0 Å². The molecule has 3 N–H and O–H groups in total. The second-order valence-corrected chi connectivity index (χ2v) is 3.38. The number of amides is 1. The van der Waals surface area contributed by atoms with Crippen LogP contribution in [0.3, 0.4) is 0 Å². The summed E-state index contributed by atoms with van der Waals surface area (Å²) in [6.07, 6.45) is 0. The van der Waals surface area contributed by atoms with E-state index < -0.39 is 17.5 Å². The number of nitrogens with one attached hydrogen (secondary N) is 1. The summed E-state index contributed by atoms with van der Waals surface area (Å²) in [5, 5.41) is 0. The number of carbonyl (C=O) groups excluding carboxylic acids is 1. The molecule has 6 heteroatoms. The number of carbonyl (C=O) groups is 1. The lowest BCUT2D eigenvalue weighted by atomic mass is 10.2. The average Bonchev–Trinajstić information content (AvgIpc) is 2.10. The van der Waals surface area contributed by atoms with E-state index in [1.54, 1.807) is 28.0 Å². The van der Waals surface area contributed by atoms with Gasteiger partial charge in [0.1, 0.15) is 11.6 Å². The van der Waals surface area contributed by atoms with Gasteiger partial charge in [-0.3, -0.25) is 10.2 Å². The van der Waals surface area contributed by atoms with Crippen molar-refractivity contribution in [3.05, 3.63) is 32.9 Å². The van der Waals surface area contributed by atoms with E-state index in [0.717, 1.165) is 6.07 Å². The van der Waals surface area contributed by atoms with Gasteiger partial charge in [-0.15, -0.1) is 0 Å². The monoisotopic (exact) mass is 298 g/mol. The number of rotatable bonds is 1. The molecular weight excluding hydrogens is 293 g/mol. The van der Waals surface area contributed by atoms with Crippen molar-refractivity contribution in [2.75, 3.05) is 0 Å². The Labute approximate surface area is 86.4 Å². The van der Waals surface area contributed by atoms with Crippen molar-refractivity contribution in [3.8, 4) is 0 Å². The highest BCUT2D eigenvalue weighted by Gasteiger charge is 2.13. The zero-order chi connectivity index (χ0) is 10.0. The third-order valence-electron chi connectivity index (χ3n) is 1.39. The second kappa shape index (κ2) is 3.97. The molecule has 0 spiro atoms. The van der Waals surface area contributed by atoms with Gasteiger partial charge in [-0.25, -0.2) is 14.6 Å². The predicted octanol–water partition coefficient (Wildman–Crippen LogP) is 1.17. The minimum absolute atomic E-state index is 0.164. The van der Waals surface area contributed by atoms with Crippen LogP contribution in [0.15, 0.2) is 12.1 Å². The Kier molecular flexibility index (Phi) is 3.15. The smallest absolute Gasteiger partial charge is 0.268 e. The summed E-state index contributed by atoms with van der Waals surface area (Å²) < 4.78 is 25.8. The molecule has 1 rings (SSSR count). The van der Waals surface area contributed by atoms with Gasteiger partial charge in [-0.05, 0) is 28.7 Å². The van der Waals surface area contributed by atoms with E-state index in [1.807, 2.05) is 0 Å². The van der Waals surface area contributed by atoms with E-state index in [4.69, 9.17) is 5.84 Å². The van der Waals surface area contributed by atoms with Gasteiger partial charge in [-0.2, -0.15) is 0 Å². The van der Waals surface area contributed by atoms with Crippen LogP contribution in [0, 0.1) is 15.2 Å². The SMILES string of the molecule is NNC(=O)c1cc(I)c(F)cc1F. The van der Waals surface area contributed by atoms with Crippen LogP contribution in [0.25, 0.3) is 0 Å². The van der Waals surface area contributed by atoms with E-state index in [9.17, 15) is 13.6 Å². The van der Waals surface area contributed by atoms with Crippen LogP contribution in [0.4, 0.5) is 8.78 Å². The molecule has 1 aromatic carbocycles. The normalized spacial score (nSPS) is 9.85. The van der Waals surface area contributed by atoms with Gasteiger partial charge in [-0.1, -0.05) is 0 Å².